The lowest BCUT2D eigenvalue weighted by molar-refractivity contribution is 0.196. The first kappa shape index (κ1) is 12.9. The lowest BCUT2D eigenvalue weighted by Gasteiger charge is -2.29. The predicted octanol–water partition coefficient (Wildman–Crippen LogP) is 1.95. The van der Waals surface area contributed by atoms with Gasteiger partial charge in [0.1, 0.15) is 0 Å². The average Bonchev–Trinajstić information content (AvgIpc) is 1.81. The van der Waals surface area contributed by atoms with E-state index in [-0.39, 0.29) is 0 Å². The highest BCUT2D eigenvalue weighted by Crippen LogP contribution is 2.15. The summed E-state index contributed by atoms with van der Waals surface area (Å²) in [6, 6.07) is 0.294. The van der Waals surface area contributed by atoms with E-state index in [0.717, 1.165) is 13.1 Å². The molecule has 0 aliphatic carbocycles. The van der Waals surface area contributed by atoms with Gasteiger partial charge in [0.15, 0.2) is 0 Å². The van der Waals surface area contributed by atoms with Gasteiger partial charge in [0.25, 0.3) is 0 Å². The van der Waals surface area contributed by atoms with Crippen LogP contribution in [0.25, 0.3) is 0 Å². The van der Waals surface area contributed by atoms with Crippen LogP contribution in [0.1, 0.15) is 34.6 Å². The Labute approximate surface area is 83.5 Å². The van der Waals surface area contributed by atoms with Gasteiger partial charge in [-0.25, -0.2) is 0 Å². The van der Waals surface area contributed by atoms with Crippen LogP contribution < -0.4 is 5.73 Å². The van der Waals surface area contributed by atoms with Crippen LogP contribution in [0.5, 0.6) is 0 Å². The van der Waals surface area contributed by atoms with Crippen LogP contribution >= 0.6 is 0 Å². The summed E-state index contributed by atoms with van der Waals surface area (Å²) in [6.45, 7) is 13.3. The number of nitrogens with two attached hydrogens (primary N) is 1. The standard InChI is InChI=1S/C11H26N2/c1-9(10(2)12)7-13(6)8-11(3,4)5/h9-10H,7-8,12H2,1-6H3. The Hall–Kier alpha value is -0.0800. The molecule has 0 spiro atoms. The molecule has 2 heteroatoms. The largest absolute Gasteiger partial charge is 0.328 e. The predicted molar refractivity (Wildman–Crippen MR) is 59.8 cm³/mol. The SMILES string of the molecule is CC(N)C(C)CN(C)CC(C)(C)C. The van der Waals surface area contributed by atoms with Gasteiger partial charge in [-0.05, 0) is 25.3 Å². The molecule has 0 aromatic carbocycles. The van der Waals surface area contributed by atoms with E-state index in [9.17, 15) is 0 Å². The summed E-state index contributed by atoms with van der Waals surface area (Å²) in [5, 5.41) is 0. The second-order valence-corrected chi connectivity index (χ2v) is 5.59. The van der Waals surface area contributed by atoms with Gasteiger partial charge in [-0.15, -0.1) is 0 Å². The molecular formula is C11H26N2. The van der Waals surface area contributed by atoms with Crippen molar-refractivity contribution >= 4 is 0 Å². The lowest BCUT2D eigenvalue weighted by atomic mass is 9.95. The van der Waals surface area contributed by atoms with Crippen molar-refractivity contribution in [3.63, 3.8) is 0 Å². The molecule has 0 aromatic rings. The Morgan fingerprint density at radius 3 is 2.00 bits per heavy atom. The number of rotatable bonds is 4. The molecule has 0 aromatic heterocycles. The molecule has 0 heterocycles. The minimum absolute atomic E-state index is 0.294. The van der Waals surface area contributed by atoms with Crippen LogP contribution in [-0.2, 0) is 0 Å². The van der Waals surface area contributed by atoms with Gasteiger partial charge in [0, 0.05) is 19.1 Å². The van der Waals surface area contributed by atoms with Gasteiger partial charge in [-0.2, -0.15) is 0 Å². The van der Waals surface area contributed by atoms with Crippen molar-refractivity contribution in [3.05, 3.63) is 0 Å². The van der Waals surface area contributed by atoms with E-state index < -0.39 is 0 Å². The number of hydrogen-bond acceptors (Lipinski definition) is 2. The van der Waals surface area contributed by atoms with Crippen LogP contribution in [-0.4, -0.2) is 31.1 Å². The fourth-order valence-electron chi connectivity index (χ4n) is 1.53. The van der Waals surface area contributed by atoms with E-state index in [0.29, 0.717) is 17.4 Å². The van der Waals surface area contributed by atoms with E-state index in [4.69, 9.17) is 5.73 Å². The summed E-state index contributed by atoms with van der Waals surface area (Å²) in [5.74, 6) is 0.576. The molecule has 0 rings (SSSR count). The van der Waals surface area contributed by atoms with Crippen molar-refractivity contribution in [2.45, 2.75) is 40.7 Å². The molecule has 0 saturated carbocycles. The Balaban J connectivity index is 3.81. The zero-order chi connectivity index (χ0) is 10.6. The maximum Gasteiger partial charge on any atom is 0.00483 e. The second-order valence-electron chi connectivity index (χ2n) is 5.59. The molecule has 13 heavy (non-hydrogen) atoms. The third-order valence-corrected chi connectivity index (χ3v) is 2.24. The molecule has 0 fully saturated rings. The maximum absolute atomic E-state index is 5.82. The molecule has 0 amide bonds. The van der Waals surface area contributed by atoms with Gasteiger partial charge in [0.2, 0.25) is 0 Å². The van der Waals surface area contributed by atoms with Crippen molar-refractivity contribution in [1.29, 1.82) is 0 Å². The Bertz CT molecular complexity index is 136. The molecule has 2 atom stereocenters. The fraction of sp³-hybridized carbons (Fsp3) is 1.00. The first-order chi connectivity index (χ1) is 5.72. The molecule has 2 N–H and O–H groups in total. The lowest BCUT2D eigenvalue weighted by Crippen LogP contribution is -2.37. The fourth-order valence-corrected chi connectivity index (χ4v) is 1.53. The Morgan fingerprint density at radius 1 is 1.23 bits per heavy atom. The summed E-state index contributed by atoms with van der Waals surface area (Å²) in [6.07, 6.45) is 0. The highest BCUT2D eigenvalue weighted by atomic mass is 15.1. The summed E-state index contributed by atoms with van der Waals surface area (Å²) in [7, 11) is 2.17. The highest BCUT2D eigenvalue weighted by Gasteiger charge is 2.16. The molecule has 80 valence electrons. The second kappa shape index (κ2) is 4.97. The zero-order valence-corrected chi connectivity index (χ0v) is 10.1. The normalized spacial score (nSPS) is 17.5. The molecular weight excluding hydrogens is 160 g/mol. The van der Waals surface area contributed by atoms with Crippen LogP contribution in [0.2, 0.25) is 0 Å². The summed E-state index contributed by atoms with van der Waals surface area (Å²) >= 11 is 0. The smallest absolute Gasteiger partial charge is 0.00483 e. The monoisotopic (exact) mass is 186 g/mol. The van der Waals surface area contributed by atoms with Gasteiger partial charge < -0.3 is 10.6 Å². The minimum atomic E-state index is 0.294. The number of nitrogens with zero attached hydrogens (tertiary/aromatic N) is 1. The van der Waals surface area contributed by atoms with Crippen LogP contribution in [0.15, 0.2) is 0 Å². The highest BCUT2D eigenvalue weighted by molar-refractivity contribution is 4.71. The van der Waals surface area contributed by atoms with Crippen molar-refractivity contribution in [1.82, 2.24) is 4.90 Å². The molecule has 0 radical (unpaired) electrons. The molecule has 2 nitrogen and oxygen atoms in total. The van der Waals surface area contributed by atoms with Crippen molar-refractivity contribution < 1.29 is 0 Å². The minimum Gasteiger partial charge on any atom is -0.328 e. The average molecular weight is 186 g/mol. The zero-order valence-electron chi connectivity index (χ0n) is 10.1. The van der Waals surface area contributed by atoms with Gasteiger partial charge in [-0.3, -0.25) is 0 Å². The van der Waals surface area contributed by atoms with E-state index in [1.807, 2.05) is 0 Å². The molecule has 0 bridgehead atoms. The topological polar surface area (TPSA) is 29.3 Å². The summed E-state index contributed by atoms with van der Waals surface area (Å²) < 4.78 is 0. The quantitative estimate of drug-likeness (QED) is 0.727. The van der Waals surface area contributed by atoms with Crippen LogP contribution in [0.3, 0.4) is 0 Å². The van der Waals surface area contributed by atoms with Crippen molar-refractivity contribution in [2.75, 3.05) is 20.1 Å². The van der Waals surface area contributed by atoms with Crippen molar-refractivity contribution in [2.24, 2.45) is 17.1 Å². The van der Waals surface area contributed by atoms with E-state index in [2.05, 4.69) is 46.6 Å². The van der Waals surface area contributed by atoms with Crippen LogP contribution in [0, 0.1) is 11.3 Å². The van der Waals surface area contributed by atoms with Gasteiger partial charge in [-0.1, -0.05) is 27.7 Å². The van der Waals surface area contributed by atoms with E-state index >= 15 is 0 Å². The first-order valence-corrected chi connectivity index (χ1v) is 5.16. The molecule has 0 aliphatic rings. The van der Waals surface area contributed by atoms with Crippen molar-refractivity contribution in [3.8, 4) is 0 Å². The molecule has 2 unspecified atom stereocenters. The summed E-state index contributed by atoms with van der Waals surface area (Å²) in [4.78, 5) is 2.37. The first-order valence-electron chi connectivity index (χ1n) is 5.16. The summed E-state index contributed by atoms with van der Waals surface area (Å²) in [5.41, 5.74) is 6.20. The van der Waals surface area contributed by atoms with Gasteiger partial charge in [0.05, 0.1) is 0 Å². The number of hydrogen-bond donors (Lipinski definition) is 1. The van der Waals surface area contributed by atoms with E-state index in [1.165, 1.54) is 0 Å². The van der Waals surface area contributed by atoms with Gasteiger partial charge >= 0.3 is 0 Å². The van der Waals surface area contributed by atoms with Crippen LogP contribution in [0.4, 0.5) is 0 Å². The third-order valence-electron chi connectivity index (χ3n) is 2.24. The maximum atomic E-state index is 5.82. The molecule has 0 aliphatic heterocycles. The van der Waals surface area contributed by atoms with E-state index in [1.54, 1.807) is 0 Å². The Kier molecular flexibility index (Phi) is 4.93. The molecule has 0 saturated heterocycles. The third kappa shape index (κ3) is 7.03. The Morgan fingerprint density at radius 2 is 1.69 bits per heavy atom.